The van der Waals surface area contributed by atoms with Crippen LogP contribution in [-0.2, 0) is 23.3 Å². The summed E-state index contributed by atoms with van der Waals surface area (Å²) >= 11 is 5.87. The summed E-state index contributed by atoms with van der Waals surface area (Å²) < 4.78 is 44.9. The monoisotopic (exact) mass is 368 g/mol. The molecule has 0 atom stereocenters. The molecule has 0 aliphatic heterocycles. The highest BCUT2D eigenvalue weighted by atomic mass is 35.5. The summed E-state index contributed by atoms with van der Waals surface area (Å²) in [6.45, 7) is 2.92. The van der Waals surface area contributed by atoms with E-state index in [4.69, 9.17) is 16.3 Å². The van der Waals surface area contributed by atoms with Gasteiger partial charge in [0.25, 0.3) is 0 Å². The second kappa shape index (κ2) is 8.04. The van der Waals surface area contributed by atoms with E-state index in [2.05, 4.69) is 4.98 Å². The lowest BCUT2D eigenvalue weighted by Gasteiger charge is -2.11. The Morgan fingerprint density at radius 1 is 1.22 bits per heavy atom. The quantitative estimate of drug-likeness (QED) is 0.716. The number of rotatable bonds is 5. The lowest BCUT2D eigenvalue weighted by molar-refractivity contribution is -0.137. The highest BCUT2D eigenvalue weighted by Crippen LogP contribution is 2.31. The SMILES string of the molecule is COCCn1c(-c2ccc(C(F)(F)F)cc2)nc(CCl)c1C.Cl. The Balaban J connectivity index is 0.00000264. The van der Waals surface area contributed by atoms with Gasteiger partial charge in [-0.2, -0.15) is 13.2 Å². The molecule has 0 fully saturated rings. The highest BCUT2D eigenvalue weighted by Gasteiger charge is 2.30. The summed E-state index contributed by atoms with van der Waals surface area (Å²) in [4.78, 5) is 4.44. The van der Waals surface area contributed by atoms with E-state index >= 15 is 0 Å². The molecular formula is C15H17Cl2F3N2O. The molecule has 2 aromatic rings. The number of halogens is 5. The molecule has 0 spiro atoms. The van der Waals surface area contributed by atoms with Crippen LogP contribution < -0.4 is 0 Å². The number of methoxy groups -OCH3 is 1. The van der Waals surface area contributed by atoms with Crippen LogP contribution in [0.15, 0.2) is 24.3 Å². The van der Waals surface area contributed by atoms with Crippen LogP contribution in [-0.4, -0.2) is 23.3 Å². The van der Waals surface area contributed by atoms with Crippen LogP contribution in [0.1, 0.15) is 17.0 Å². The molecule has 8 heteroatoms. The second-order valence-electron chi connectivity index (χ2n) is 4.82. The number of ether oxygens (including phenoxy) is 1. The number of alkyl halides is 4. The fourth-order valence-corrected chi connectivity index (χ4v) is 2.45. The molecule has 0 amide bonds. The predicted molar refractivity (Wildman–Crippen MR) is 86.1 cm³/mol. The summed E-state index contributed by atoms with van der Waals surface area (Å²) in [5.41, 5.74) is 1.54. The lowest BCUT2D eigenvalue weighted by atomic mass is 10.1. The van der Waals surface area contributed by atoms with Crippen LogP contribution in [0.3, 0.4) is 0 Å². The molecule has 1 aromatic carbocycles. The van der Waals surface area contributed by atoms with Gasteiger partial charge in [0.05, 0.1) is 23.7 Å². The summed E-state index contributed by atoms with van der Waals surface area (Å²) in [7, 11) is 1.59. The van der Waals surface area contributed by atoms with E-state index in [-0.39, 0.29) is 18.3 Å². The molecule has 0 aliphatic rings. The van der Waals surface area contributed by atoms with Crippen molar-refractivity contribution in [3.8, 4) is 11.4 Å². The van der Waals surface area contributed by atoms with Gasteiger partial charge in [0, 0.05) is 24.9 Å². The maximum atomic E-state index is 12.6. The number of imidazole rings is 1. The minimum atomic E-state index is -4.35. The summed E-state index contributed by atoms with van der Waals surface area (Å²) in [6.07, 6.45) is -4.35. The van der Waals surface area contributed by atoms with Gasteiger partial charge in [-0.1, -0.05) is 12.1 Å². The molecule has 0 radical (unpaired) electrons. The first-order chi connectivity index (χ1) is 10.4. The molecule has 0 saturated heterocycles. The van der Waals surface area contributed by atoms with Gasteiger partial charge >= 0.3 is 6.18 Å². The third-order valence-corrected chi connectivity index (χ3v) is 3.69. The van der Waals surface area contributed by atoms with Crippen molar-refractivity contribution in [2.75, 3.05) is 13.7 Å². The van der Waals surface area contributed by atoms with Crippen LogP contribution in [0.25, 0.3) is 11.4 Å². The first kappa shape index (κ1) is 19.8. The molecule has 0 saturated carbocycles. The van der Waals surface area contributed by atoms with Crippen molar-refractivity contribution in [2.24, 2.45) is 0 Å². The van der Waals surface area contributed by atoms with Gasteiger partial charge in [-0.25, -0.2) is 4.98 Å². The standard InChI is InChI=1S/C15H16ClF3N2O.ClH/c1-10-13(9-16)20-14(21(10)7-8-22-2)11-3-5-12(6-4-11)15(17,18)19;/h3-6H,7-9H2,1-2H3;1H. The van der Waals surface area contributed by atoms with E-state index in [0.717, 1.165) is 17.8 Å². The Hall–Kier alpha value is -1.24. The number of aromatic nitrogens is 2. The van der Waals surface area contributed by atoms with Crippen LogP contribution in [0.4, 0.5) is 13.2 Å². The minimum absolute atomic E-state index is 0. The Morgan fingerprint density at radius 3 is 2.30 bits per heavy atom. The molecule has 0 bridgehead atoms. The van der Waals surface area contributed by atoms with Crippen molar-refractivity contribution in [1.29, 1.82) is 0 Å². The fraction of sp³-hybridized carbons (Fsp3) is 0.400. The van der Waals surface area contributed by atoms with Gasteiger partial charge in [0.2, 0.25) is 0 Å². The van der Waals surface area contributed by atoms with Gasteiger partial charge in [-0.3, -0.25) is 0 Å². The van der Waals surface area contributed by atoms with Crippen LogP contribution in [0, 0.1) is 6.92 Å². The van der Waals surface area contributed by atoms with Crippen molar-refractivity contribution >= 4 is 24.0 Å². The summed E-state index contributed by atoms with van der Waals surface area (Å²) in [5, 5.41) is 0. The lowest BCUT2D eigenvalue weighted by Crippen LogP contribution is -2.08. The average Bonchev–Trinajstić information content (AvgIpc) is 2.80. The maximum absolute atomic E-state index is 12.6. The van der Waals surface area contributed by atoms with Crippen molar-refractivity contribution in [2.45, 2.75) is 25.5 Å². The Bertz CT molecular complexity index is 639. The Morgan fingerprint density at radius 2 is 1.83 bits per heavy atom. The van der Waals surface area contributed by atoms with Crippen molar-refractivity contribution in [3.63, 3.8) is 0 Å². The third-order valence-electron chi connectivity index (χ3n) is 3.44. The predicted octanol–water partition coefficient (Wildman–Crippen LogP) is 4.68. The zero-order valence-electron chi connectivity index (χ0n) is 12.7. The van der Waals surface area contributed by atoms with E-state index in [1.165, 1.54) is 12.1 Å². The van der Waals surface area contributed by atoms with E-state index in [9.17, 15) is 13.2 Å². The zero-order chi connectivity index (χ0) is 16.3. The van der Waals surface area contributed by atoms with E-state index in [0.29, 0.717) is 30.2 Å². The molecule has 1 heterocycles. The van der Waals surface area contributed by atoms with Gasteiger partial charge in [-0.15, -0.1) is 24.0 Å². The van der Waals surface area contributed by atoms with E-state index in [1.807, 2.05) is 11.5 Å². The molecule has 0 unspecified atom stereocenters. The smallest absolute Gasteiger partial charge is 0.383 e. The molecule has 23 heavy (non-hydrogen) atoms. The molecule has 128 valence electrons. The van der Waals surface area contributed by atoms with Crippen molar-refractivity contribution < 1.29 is 17.9 Å². The number of benzene rings is 1. The topological polar surface area (TPSA) is 27.1 Å². The first-order valence-electron chi connectivity index (χ1n) is 6.67. The Kier molecular flexibility index (Phi) is 6.92. The average molecular weight is 369 g/mol. The molecule has 0 aliphatic carbocycles. The van der Waals surface area contributed by atoms with Crippen molar-refractivity contribution in [1.82, 2.24) is 9.55 Å². The van der Waals surface area contributed by atoms with E-state index < -0.39 is 11.7 Å². The number of nitrogens with zero attached hydrogens (tertiary/aromatic N) is 2. The Labute approximate surface area is 143 Å². The molecule has 0 N–H and O–H groups in total. The van der Waals surface area contributed by atoms with Crippen molar-refractivity contribution in [3.05, 3.63) is 41.2 Å². The third kappa shape index (κ3) is 4.40. The second-order valence-corrected chi connectivity index (χ2v) is 5.09. The normalized spacial score (nSPS) is 11.4. The zero-order valence-corrected chi connectivity index (χ0v) is 14.2. The number of hydrogen-bond acceptors (Lipinski definition) is 2. The van der Waals surface area contributed by atoms with Crippen LogP contribution in [0.2, 0.25) is 0 Å². The van der Waals surface area contributed by atoms with Gasteiger partial charge in [-0.05, 0) is 19.1 Å². The summed E-state index contributed by atoms with van der Waals surface area (Å²) in [6, 6.07) is 4.96. The first-order valence-corrected chi connectivity index (χ1v) is 7.20. The summed E-state index contributed by atoms with van der Waals surface area (Å²) in [5.74, 6) is 0.846. The van der Waals surface area contributed by atoms with Gasteiger partial charge < -0.3 is 9.30 Å². The van der Waals surface area contributed by atoms with E-state index in [1.54, 1.807) is 7.11 Å². The van der Waals surface area contributed by atoms with Gasteiger partial charge in [0.15, 0.2) is 0 Å². The van der Waals surface area contributed by atoms with Crippen LogP contribution >= 0.6 is 24.0 Å². The highest BCUT2D eigenvalue weighted by molar-refractivity contribution is 6.17. The number of hydrogen-bond donors (Lipinski definition) is 0. The fourth-order valence-electron chi connectivity index (χ4n) is 2.20. The maximum Gasteiger partial charge on any atom is 0.416 e. The minimum Gasteiger partial charge on any atom is -0.383 e. The molecule has 1 aromatic heterocycles. The molecule has 3 nitrogen and oxygen atoms in total. The largest absolute Gasteiger partial charge is 0.416 e. The molecule has 2 rings (SSSR count). The van der Waals surface area contributed by atoms with Gasteiger partial charge in [0.1, 0.15) is 5.82 Å². The van der Waals surface area contributed by atoms with Crippen LogP contribution in [0.5, 0.6) is 0 Å². The molecular weight excluding hydrogens is 352 g/mol.